The molecule has 0 unspecified atom stereocenters. The standard InChI is InChI=1S/C21H24ClN5O/c1-3-7-19-23-18-10-11-26(13-17(18)21(28)24-19)12-16-14(2)25-27(20(16)22)15-8-5-4-6-9-15/h4-6,8-9H,3,7,10-13H2,1-2H3,(H,23,24,28). The van der Waals surface area contributed by atoms with Gasteiger partial charge in [0.05, 0.1) is 22.6 Å². The number of aryl methyl sites for hydroxylation is 2. The molecule has 0 aliphatic carbocycles. The summed E-state index contributed by atoms with van der Waals surface area (Å²) in [6, 6.07) is 9.87. The van der Waals surface area contributed by atoms with Crippen molar-refractivity contribution < 1.29 is 0 Å². The third-order valence-electron chi connectivity index (χ3n) is 5.19. The normalized spacial score (nSPS) is 14.2. The maximum Gasteiger partial charge on any atom is 0.255 e. The Morgan fingerprint density at radius 2 is 2.04 bits per heavy atom. The number of aromatic amines is 1. The van der Waals surface area contributed by atoms with E-state index < -0.39 is 0 Å². The molecule has 4 rings (SSSR count). The minimum Gasteiger partial charge on any atom is -0.310 e. The molecule has 1 aliphatic rings. The van der Waals surface area contributed by atoms with E-state index in [0.717, 1.165) is 59.8 Å². The minimum atomic E-state index is -0.0130. The van der Waals surface area contributed by atoms with Crippen LogP contribution in [-0.2, 0) is 25.9 Å². The van der Waals surface area contributed by atoms with Crippen molar-refractivity contribution in [2.45, 2.75) is 46.2 Å². The van der Waals surface area contributed by atoms with Crippen molar-refractivity contribution in [2.24, 2.45) is 0 Å². The van der Waals surface area contributed by atoms with E-state index in [0.29, 0.717) is 18.2 Å². The van der Waals surface area contributed by atoms with Crippen LogP contribution in [0.1, 0.15) is 41.7 Å². The SMILES string of the molecule is CCCc1nc2c(c(=O)[nH]1)CN(Cc1c(C)nn(-c3ccccc3)c1Cl)CC2. The molecule has 3 aromatic rings. The zero-order valence-electron chi connectivity index (χ0n) is 16.2. The maximum atomic E-state index is 12.5. The number of benzene rings is 1. The Morgan fingerprint density at radius 3 is 2.79 bits per heavy atom. The molecule has 1 aliphatic heterocycles. The van der Waals surface area contributed by atoms with E-state index in [-0.39, 0.29) is 5.56 Å². The van der Waals surface area contributed by atoms with Gasteiger partial charge in [-0.3, -0.25) is 9.69 Å². The van der Waals surface area contributed by atoms with Gasteiger partial charge in [0.2, 0.25) is 0 Å². The van der Waals surface area contributed by atoms with Crippen molar-refractivity contribution in [1.82, 2.24) is 24.6 Å². The fourth-order valence-corrected chi connectivity index (χ4v) is 4.03. The van der Waals surface area contributed by atoms with Gasteiger partial charge in [0.1, 0.15) is 11.0 Å². The summed E-state index contributed by atoms with van der Waals surface area (Å²) in [5.74, 6) is 0.794. The molecule has 0 amide bonds. The fraction of sp³-hybridized carbons (Fsp3) is 0.381. The predicted molar refractivity (Wildman–Crippen MR) is 110 cm³/mol. The van der Waals surface area contributed by atoms with Crippen LogP contribution in [0.2, 0.25) is 5.15 Å². The number of nitrogens with one attached hydrogen (secondary N) is 1. The largest absolute Gasteiger partial charge is 0.310 e. The second-order valence-corrected chi connectivity index (χ2v) is 7.61. The third-order valence-corrected chi connectivity index (χ3v) is 5.58. The molecule has 0 saturated heterocycles. The first-order valence-electron chi connectivity index (χ1n) is 9.69. The van der Waals surface area contributed by atoms with Gasteiger partial charge in [-0.25, -0.2) is 9.67 Å². The average Bonchev–Trinajstić information content (AvgIpc) is 2.98. The molecule has 28 heavy (non-hydrogen) atoms. The molecular weight excluding hydrogens is 374 g/mol. The second kappa shape index (κ2) is 7.89. The van der Waals surface area contributed by atoms with Crippen LogP contribution in [0.3, 0.4) is 0 Å². The smallest absolute Gasteiger partial charge is 0.255 e. The summed E-state index contributed by atoms with van der Waals surface area (Å²) in [4.78, 5) is 22.3. The van der Waals surface area contributed by atoms with Crippen molar-refractivity contribution in [1.29, 1.82) is 0 Å². The summed E-state index contributed by atoms with van der Waals surface area (Å²) >= 11 is 6.66. The van der Waals surface area contributed by atoms with Crippen LogP contribution < -0.4 is 5.56 Å². The molecule has 0 bridgehead atoms. The Hall–Kier alpha value is -2.44. The third kappa shape index (κ3) is 3.62. The molecule has 0 atom stereocenters. The maximum absolute atomic E-state index is 12.5. The van der Waals surface area contributed by atoms with Gasteiger partial charge in [-0.1, -0.05) is 36.7 Å². The first-order chi connectivity index (χ1) is 13.6. The van der Waals surface area contributed by atoms with E-state index in [2.05, 4.69) is 26.9 Å². The van der Waals surface area contributed by atoms with E-state index >= 15 is 0 Å². The Labute approximate surface area is 169 Å². The Balaban J connectivity index is 1.57. The van der Waals surface area contributed by atoms with Crippen molar-refractivity contribution in [3.63, 3.8) is 0 Å². The van der Waals surface area contributed by atoms with Crippen LogP contribution in [0.5, 0.6) is 0 Å². The van der Waals surface area contributed by atoms with E-state index in [4.69, 9.17) is 11.6 Å². The highest BCUT2D eigenvalue weighted by atomic mass is 35.5. The van der Waals surface area contributed by atoms with E-state index in [1.165, 1.54) is 0 Å². The number of nitrogens with zero attached hydrogens (tertiary/aromatic N) is 4. The lowest BCUT2D eigenvalue weighted by atomic mass is 10.1. The van der Waals surface area contributed by atoms with Gasteiger partial charge in [0.15, 0.2) is 0 Å². The number of para-hydroxylation sites is 1. The first kappa shape index (κ1) is 18.9. The van der Waals surface area contributed by atoms with Crippen molar-refractivity contribution in [3.8, 4) is 5.69 Å². The summed E-state index contributed by atoms with van der Waals surface area (Å²) in [5.41, 5.74) is 4.54. The molecular formula is C21H24ClN5O. The van der Waals surface area contributed by atoms with Gasteiger partial charge < -0.3 is 4.98 Å². The van der Waals surface area contributed by atoms with Gasteiger partial charge in [0, 0.05) is 38.0 Å². The number of H-pyrrole nitrogens is 1. The number of hydrogen-bond acceptors (Lipinski definition) is 4. The molecule has 0 radical (unpaired) electrons. The monoisotopic (exact) mass is 397 g/mol. The first-order valence-corrected chi connectivity index (χ1v) is 10.1. The second-order valence-electron chi connectivity index (χ2n) is 7.25. The molecule has 146 valence electrons. The Morgan fingerprint density at radius 1 is 1.25 bits per heavy atom. The lowest BCUT2D eigenvalue weighted by Crippen LogP contribution is -2.36. The highest BCUT2D eigenvalue weighted by Crippen LogP contribution is 2.26. The van der Waals surface area contributed by atoms with Crippen LogP contribution >= 0.6 is 11.6 Å². The van der Waals surface area contributed by atoms with E-state index in [1.54, 1.807) is 4.68 Å². The molecule has 3 heterocycles. The van der Waals surface area contributed by atoms with Gasteiger partial charge >= 0.3 is 0 Å². The summed E-state index contributed by atoms with van der Waals surface area (Å²) in [7, 11) is 0. The van der Waals surface area contributed by atoms with Crippen LogP contribution in [0.25, 0.3) is 5.69 Å². The number of fused-ring (bicyclic) bond motifs is 1. The average molecular weight is 398 g/mol. The Kier molecular flexibility index (Phi) is 5.33. The number of aromatic nitrogens is 4. The lowest BCUT2D eigenvalue weighted by Gasteiger charge is -2.27. The van der Waals surface area contributed by atoms with Crippen molar-refractivity contribution in [2.75, 3.05) is 6.54 Å². The highest BCUT2D eigenvalue weighted by Gasteiger charge is 2.24. The van der Waals surface area contributed by atoms with Gasteiger partial charge in [-0.05, 0) is 25.5 Å². The van der Waals surface area contributed by atoms with Crippen LogP contribution in [-0.4, -0.2) is 31.2 Å². The minimum absolute atomic E-state index is 0.0130. The lowest BCUT2D eigenvalue weighted by molar-refractivity contribution is 0.241. The zero-order chi connectivity index (χ0) is 19.7. The van der Waals surface area contributed by atoms with Crippen molar-refractivity contribution >= 4 is 11.6 Å². The predicted octanol–water partition coefficient (Wildman–Crippen LogP) is 3.43. The van der Waals surface area contributed by atoms with E-state index in [9.17, 15) is 4.79 Å². The van der Waals surface area contributed by atoms with Gasteiger partial charge in [-0.15, -0.1) is 0 Å². The fourth-order valence-electron chi connectivity index (χ4n) is 3.70. The van der Waals surface area contributed by atoms with Crippen molar-refractivity contribution in [3.05, 3.63) is 74.2 Å². The van der Waals surface area contributed by atoms with Gasteiger partial charge in [0.25, 0.3) is 5.56 Å². The summed E-state index contributed by atoms with van der Waals surface area (Å²) in [5, 5.41) is 5.24. The number of hydrogen-bond donors (Lipinski definition) is 1. The molecule has 2 aromatic heterocycles. The topological polar surface area (TPSA) is 66.8 Å². The summed E-state index contributed by atoms with van der Waals surface area (Å²) in [6.45, 7) is 6.15. The van der Waals surface area contributed by atoms with Crippen LogP contribution in [0.15, 0.2) is 35.1 Å². The molecule has 6 nitrogen and oxygen atoms in total. The van der Waals surface area contributed by atoms with E-state index in [1.807, 2.05) is 37.3 Å². The molecule has 1 N–H and O–H groups in total. The van der Waals surface area contributed by atoms with Crippen LogP contribution in [0, 0.1) is 6.92 Å². The van der Waals surface area contributed by atoms with Gasteiger partial charge in [-0.2, -0.15) is 5.10 Å². The summed E-state index contributed by atoms with van der Waals surface area (Å²) < 4.78 is 1.77. The number of rotatable bonds is 5. The zero-order valence-corrected chi connectivity index (χ0v) is 17.0. The molecule has 0 saturated carbocycles. The number of halogens is 1. The molecule has 1 aromatic carbocycles. The quantitative estimate of drug-likeness (QED) is 0.716. The van der Waals surface area contributed by atoms with Crippen LogP contribution in [0.4, 0.5) is 0 Å². The highest BCUT2D eigenvalue weighted by molar-refractivity contribution is 6.30. The molecule has 7 heteroatoms. The molecule has 0 fully saturated rings. The summed E-state index contributed by atoms with van der Waals surface area (Å²) in [6.07, 6.45) is 2.55. The molecule has 0 spiro atoms. The Bertz CT molecular complexity index is 1040.